The number of carbonyl (C=O) groups is 4. The van der Waals surface area contributed by atoms with Gasteiger partial charge in [0.1, 0.15) is 8.06 Å². The molecule has 4 nitrogen and oxygen atoms in total. The maximum atomic E-state index is 12.7. The van der Waals surface area contributed by atoms with Crippen molar-refractivity contribution in [3.63, 3.8) is 0 Å². The summed E-state index contributed by atoms with van der Waals surface area (Å²) in [7, 11) is 0. The smallest absolute Gasteiger partial charge is 0.163 e. The van der Waals surface area contributed by atoms with Crippen LogP contribution in [0, 0.1) is 22.7 Å². The lowest BCUT2D eigenvalue weighted by Gasteiger charge is -2.40. The van der Waals surface area contributed by atoms with Crippen molar-refractivity contribution in [1.29, 1.82) is 0 Å². The molecule has 1 aliphatic carbocycles. The van der Waals surface area contributed by atoms with Gasteiger partial charge in [-0.3, -0.25) is 19.2 Å². The summed E-state index contributed by atoms with van der Waals surface area (Å²) >= 11 is 9.94. The SMILES string of the molecule is CC(CC(Br)(Br)Br)C(=O)C1C(=O)C(C)(C)C(=O)C(C)(C)C1=O. The van der Waals surface area contributed by atoms with Gasteiger partial charge in [-0.15, -0.1) is 0 Å². The Morgan fingerprint density at radius 3 is 1.73 bits per heavy atom. The number of hydrogen-bond donors (Lipinski definition) is 0. The predicted octanol–water partition coefficient (Wildman–Crippen LogP) is 3.81. The lowest BCUT2D eigenvalue weighted by molar-refractivity contribution is -0.162. The maximum Gasteiger partial charge on any atom is 0.163 e. The van der Waals surface area contributed by atoms with Crippen molar-refractivity contribution in [3.05, 3.63) is 0 Å². The first kappa shape index (κ1) is 20.2. The molecule has 0 aromatic carbocycles. The molecule has 0 spiro atoms. The molecule has 0 N–H and O–H groups in total. The fourth-order valence-electron chi connectivity index (χ4n) is 2.84. The van der Waals surface area contributed by atoms with Crippen LogP contribution < -0.4 is 0 Å². The standard InChI is InChI=1S/C15H19Br3O4/c1-7(6-15(16,17)18)9(19)8-10(20)13(2,3)12(22)14(4,5)11(8)21/h7-8H,6H2,1-5H3. The summed E-state index contributed by atoms with van der Waals surface area (Å²) in [5.74, 6) is -3.96. The van der Waals surface area contributed by atoms with Gasteiger partial charge in [-0.05, 0) is 34.1 Å². The van der Waals surface area contributed by atoms with Gasteiger partial charge in [-0.1, -0.05) is 54.7 Å². The molecule has 0 aliphatic heterocycles. The highest BCUT2D eigenvalue weighted by atomic mass is 80.0. The van der Waals surface area contributed by atoms with Crippen molar-refractivity contribution >= 4 is 70.9 Å². The van der Waals surface area contributed by atoms with Crippen LogP contribution in [0.15, 0.2) is 0 Å². The molecule has 1 rings (SSSR count). The van der Waals surface area contributed by atoms with Crippen molar-refractivity contribution in [2.45, 2.75) is 43.2 Å². The van der Waals surface area contributed by atoms with E-state index in [9.17, 15) is 19.2 Å². The number of rotatable bonds is 3. The molecule has 1 saturated carbocycles. The fourth-order valence-corrected chi connectivity index (χ4v) is 4.29. The van der Waals surface area contributed by atoms with E-state index >= 15 is 0 Å². The summed E-state index contributed by atoms with van der Waals surface area (Å²) in [6.07, 6.45) is 0.345. The number of alkyl halides is 3. The molecule has 0 bridgehead atoms. The first-order chi connectivity index (χ1) is 9.64. The highest BCUT2D eigenvalue weighted by molar-refractivity contribution is 9.39. The number of Topliss-reactive ketones (excluding diaryl/α,β-unsaturated/α-hetero) is 4. The molecule has 0 aromatic rings. The van der Waals surface area contributed by atoms with Crippen LogP contribution in [0.1, 0.15) is 41.0 Å². The summed E-state index contributed by atoms with van der Waals surface area (Å²) in [4.78, 5) is 50.2. The summed E-state index contributed by atoms with van der Waals surface area (Å²) in [5, 5.41) is 0. The van der Waals surface area contributed by atoms with Gasteiger partial charge in [0.05, 0.1) is 10.8 Å². The molecular weight excluding hydrogens is 484 g/mol. The van der Waals surface area contributed by atoms with E-state index in [0.29, 0.717) is 6.42 Å². The summed E-state index contributed by atoms with van der Waals surface area (Å²) in [6, 6.07) is 0. The van der Waals surface area contributed by atoms with Gasteiger partial charge in [-0.25, -0.2) is 0 Å². The Bertz CT molecular complexity index is 513. The van der Waals surface area contributed by atoms with Crippen LogP contribution >= 0.6 is 47.8 Å². The molecule has 7 heteroatoms. The Morgan fingerprint density at radius 1 is 1.05 bits per heavy atom. The molecule has 0 heterocycles. The Hall–Kier alpha value is 0.120. The zero-order chi connectivity index (χ0) is 17.7. The maximum absolute atomic E-state index is 12.7. The molecule has 0 aromatic heterocycles. The van der Waals surface area contributed by atoms with E-state index < -0.39 is 47.9 Å². The van der Waals surface area contributed by atoms with Crippen molar-refractivity contribution < 1.29 is 19.2 Å². The van der Waals surface area contributed by atoms with Crippen molar-refractivity contribution in [2.24, 2.45) is 22.7 Å². The van der Waals surface area contributed by atoms with Gasteiger partial charge in [-0.2, -0.15) is 0 Å². The lowest BCUT2D eigenvalue weighted by atomic mass is 9.57. The molecule has 0 amide bonds. The van der Waals surface area contributed by atoms with E-state index in [-0.39, 0.29) is 0 Å². The van der Waals surface area contributed by atoms with Crippen LogP contribution in [0.4, 0.5) is 0 Å². The second-order valence-electron chi connectivity index (χ2n) is 6.86. The normalized spacial score (nSPS) is 23.5. The van der Waals surface area contributed by atoms with E-state index in [1.165, 1.54) is 27.7 Å². The summed E-state index contributed by atoms with van der Waals surface area (Å²) in [6.45, 7) is 7.61. The third-order valence-electron chi connectivity index (χ3n) is 4.20. The molecule has 1 fully saturated rings. The van der Waals surface area contributed by atoms with Crippen LogP contribution in [0.25, 0.3) is 0 Å². The van der Waals surface area contributed by atoms with Gasteiger partial charge < -0.3 is 0 Å². The number of ketones is 4. The van der Waals surface area contributed by atoms with Crippen LogP contribution in [0.5, 0.6) is 0 Å². The molecule has 1 unspecified atom stereocenters. The molecule has 1 aliphatic rings. The predicted molar refractivity (Wildman–Crippen MR) is 94.4 cm³/mol. The average molecular weight is 503 g/mol. The average Bonchev–Trinajstić information content (AvgIpc) is 2.33. The third kappa shape index (κ3) is 3.61. The second-order valence-corrected chi connectivity index (χ2v) is 14.1. The van der Waals surface area contributed by atoms with Crippen molar-refractivity contribution in [1.82, 2.24) is 0 Å². The molecule has 124 valence electrons. The summed E-state index contributed by atoms with van der Waals surface area (Å²) < 4.78 is -0.635. The molecule has 1 atom stereocenters. The van der Waals surface area contributed by atoms with Gasteiger partial charge >= 0.3 is 0 Å². The molecule has 0 radical (unpaired) electrons. The number of halogens is 3. The molecular formula is C15H19Br3O4. The molecule has 0 saturated heterocycles. The first-order valence-electron chi connectivity index (χ1n) is 6.88. The topological polar surface area (TPSA) is 68.3 Å². The monoisotopic (exact) mass is 500 g/mol. The largest absolute Gasteiger partial charge is 0.298 e. The van der Waals surface area contributed by atoms with Crippen molar-refractivity contribution in [3.8, 4) is 0 Å². The van der Waals surface area contributed by atoms with Gasteiger partial charge in [0.2, 0.25) is 0 Å². The zero-order valence-corrected chi connectivity index (χ0v) is 17.9. The highest BCUT2D eigenvalue weighted by Crippen LogP contribution is 2.44. The Kier molecular flexibility index (Phi) is 5.69. The highest BCUT2D eigenvalue weighted by Gasteiger charge is 2.60. The Balaban J connectivity index is 3.22. The Labute approximate surface area is 155 Å². The van der Waals surface area contributed by atoms with E-state index in [1.807, 2.05) is 0 Å². The van der Waals surface area contributed by atoms with E-state index in [1.54, 1.807) is 6.92 Å². The van der Waals surface area contributed by atoms with Gasteiger partial charge in [0.15, 0.2) is 23.1 Å². The second kappa shape index (κ2) is 6.20. The van der Waals surface area contributed by atoms with E-state index in [2.05, 4.69) is 47.8 Å². The quantitative estimate of drug-likeness (QED) is 0.435. The minimum atomic E-state index is -1.37. The van der Waals surface area contributed by atoms with E-state index in [4.69, 9.17) is 0 Å². The van der Waals surface area contributed by atoms with Crippen LogP contribution in [0.2, 0.25) is 0 Å². The van der Waals surface area contributed by atoms with Gasteiger partial charge in [0.25, 0.3) is 0 Å². The fraction of sp³-hybridized carbons (Fsp3) is 0.733. The minimum absolute atomic E-state index is 0.345. The Morgan fingerprint density at radius 2 is 1.41 bits per heavy atom. The number of carbonyl (C=O) groups excluding carboxylic acids is 4. The minimum Gasteiger partial charge on any atom is -0.298 e. The number of hydrogen-bond acceptors (Lipinski definition) is 4. The molecule has 22 heavy (non-hydrogen) atoms. The van der Waals surface area contributed by atoms with Crippen LogP contribution in [-0.2, 0) is 19.2 Å². The first-order valence-corrected chi connectivity index (χ1v) is 9.26. The zero-order valence-electron chi connectivity index (χ0n) is 13.1. The van der Waals surface area contributed by atoms with Crippen LogP contribution in [-0.4, -0.2) is 25.3 Å². The van der Waals surface area contributed by atoms with Gasteiger partial charge in [0, 0.05) is 5.92 Å². The third-order valence-corrected chi connectivity index (χ3v) is 5.17. The summed E-state index contributed by atoms with van der Waals surface area (Å²) in [5.41, 5.74) is -2.66. The lowest BCUT2D eigenvalue weighted by Crippen LogP contribution is -2.59. The van der Waals surface area contributed by atoms with Crippen molar-refractivity contribution in [2.75, 3.05) is 0 Å². The van der Waals surface area contributed by atoms with E-state index in [0.717, 1.165) is 0 Å². The van der Waals surface area contributed by atoms with Crippen LogP contribution in [0.3, 0.4) is 0 Å².